The lowest BCUT2D eigenvalue weighted by atomic mass is 10.5. The molecule has 0 unspecified atom stereocenters. The Morgan fingerprint density at radius 3 is 2.36 bits per heavy atom. The van der Waals surface area contributed by atoms with E-state index in [0.29, 0.717) is 13.0 Å². The molecule has 0 aliphatic heterocycles. The fraction of sp³-hybridized carbons (Fsp3) is 1.00. The Balaban J connectivity index is 0. The molecule has 0 atom stereocenters. The van der Waals surface area contributed by atoms with Crippen LogP contribution in [0.15, 0.2) is 0 Å². The Kier molecular flexibility index (Phi) is 7.97. The van der Waals surface area contributed by atoms with Crippen LogP contribution >= 0.6 is 0 Å². The third-order valence-corrected chi connectivity index (χ3v) is 1.81. The van der Waals surface area contributed by atoms with Crippen molar-refractivity contribution in [1.82, 2.24) is 11.5 Å². The first-order valence-electron chi connectivity index (χ1n) is 3.22. The lowest BCUT2D eigenvalue weighted by Gasteiger charge is -1.97. The Hall–Kier alpha value is -0.170. The first-order valence-corrected chi connectivity index (χ1v) is 4.83. The van der Waals surface area contributed by atoms with Gasteiger partial charge >= 0.3 is 0 Å². The molecule has 0 heterocycles. The third kappa shape index (κ3) is 12.9. The zero-order valence-corrected chi connectivity index (χ0v) is 7.52. The molecule has 0 rings (SSSR count). The van der Waals surface area contributed by atoms with E-state index in [-0.39, 0.29) is 11.9 Å². The summed E-state index contributed by atoms with van der Waals surface area (Å²) < 4.78 is 28.5. The smallest absolute Gasteiger partial charge is 0.264 e. The van der Waals surface area contributed by atoms with E-state index >= 15 is 0 Å². The van der Waals surface area contributed by atoms with Crippen LogP contribution in [0.2, 0.25) is 0 Å². The minimum Gasteiger partial charge on any atom is -0.344 e. The standard InChI is InChI=1S/C5H13NO3S.H3N/c1-2-6-4-3-5-10(7,8)9;/h6H,2-5H2,1H3,(H,7,8,9);1H3. The molecule has 0 radical (unpaired) electrons. The molecule has 0 aromatic heterocycles. The summed E-state index contributed by atoms with van der Waals surface area (Å²) in [6, 6.07) is 0. The van der Waals surface area contributed by atoms with Crippen molar-refractivity contribution >= 4 is 10.1 Å². The van der Waals surface area contributed by atoms with E-state index in [9.17, 15) is 8.42 Å². The molecule has 0 aliphatic carbocycles. The Morgan fingerprint density at radius 1 is 1.45 bits per heavy atom. The zero-order chi connectivity index (χ0) is 8.04. The largest absolute Gasteiger partial charge is 0.344 e. The van der Waals surface area contributed by atoms with Gasteiger partial charge in [0.2, 0.25) is 0 Å². The predicted octanol–water partition coefficient (Wildman–Crippen LogP) is 0.0358. The summed E-state index contributed by atoms with van der Waals surface area (Å²) in [6.45, 7) is 3.40. The Morgan fingerprint density at radius 2 is 2.00 bits per heavy atom. The van der Waals surface area contributed by atoms with Crippen LogP contribution in [0.1, 0.15) is 13.3 Å². The average molecular weight is 184 g/mol. The van der Waals surface area contributed by atoms with E-state index in [2.05, 4.69) is 5.32 Å². The van der Waals surface area contributed by atoms with Gasteiger partial charge in [-0.05, 0) is 19.5 Å². The highest BCUT2D eigenvalue weighted by Crippen LogP contribution is 1.85. The molecule has 5 nitrogen and oxygen atoms in total. The van der Waals surface area contributed by atoms with Crippen LogP contribution in [0.5, 0.6) is 0 Å². The summed E-state index contributed by atoms with van der Waals surface area (Å²) in [6.07, 6.45) is 0.465. The summed E-state index contributed by atoms with van der Waals surface area (Å²) in [7, 11) is -3.74. The van der Waals surface area contributed by atoms with Gasteiger partial charge in [-0.1, -0.05) is 6.92 Å². The van der Waals surface area contributed by atoms with Crippen molar-refractivity contribution in [3.05, 3.63) is 0 Å². The second kappa shape index (κ2) is 6.53. The molecular weight excluding hydrogens is 168 g/mol. The Bertz CT molecular complexity index is 167. The molecule has 0 saturated carbocycles. The molecule has 0 aromatic rings. The summed E-state index contributed by atoms with van der Waals surface area (Å²) in [5.41, 5.74) is 0. The van der Waals surface area contributed by atoms with Crippen molar-refractivity contribution in [2.75, 3.05) is 18.8 Å². The zero-order valence-electron chi connectivity index (χ0n) is 6.71. The van der Waals surface area contributed by atoms with Gasteiger partial charge in [-0.15, -0.1) is 0 Å². The highest BCUT2D eigenvalue weighted by atomic mass is 32.2. The van der Waals surface area contributed by atoms with Crippen LogP contribution in [0, 0.1) is 0 Å². The molecule has 0 amide bonds. The van der Waals surface area contributed by atoms with Crippen LogP contribution in [0.3, 0.4) is 0 Å². The van der Waals surface area contributed by atoms with Crippen LogP contribution in [-0.4, -0.2) is 31.8 Å². The number of hydrogen-bond acceptors (Lipinski definition) is 4. The number of hydrogen-bond donors (Lipinski definition) is 3. The average Bonchev–Trinajstić information content (AvgIpc) is 1.78. The van der Waals surface area contributed by atoms with Crippen molar-refractivity contribution < 1.29 is 13.0 Å². The molecule has 70 valence electrons. The normalized spacial score (nSPS) is 10.7. The summed E-state index contributed by atoms with van der Waals surface area (Å²) >= 11 is 0. The maximum atomic E-state index is 10.1. The fourth-order valence-electron chi connectivity index (χ4n) is 0.556. The second-order valence-corrected chi connectivity index (χ2v) is 3.57. The van der Waals surface area contributed by atoms with E-state index in [4.69, 9.17) is 4.55 Å². The molecule has 0 bridgehead atoms. The molecule has 11 heavy (non-hydrogen) atoms. The van der Waals surface area contributed by atoms with Gasteiger partial charge in [0.25, 0.3) is 10.1 Å². The van der Waals surface area contributed by atoms with Crippen molar-refractivity contribution in [3.63, 3.8) is 0 Å². The molecule has 6 heteroatoms. The van der Waals surface area contributed by atoms with Gasteiger partial charge in [0, 0.05) is 0 Å². The van der Waals surface area contributed by atoms with Gasteiger partial charge in [0.15, 0.2) is 0 Å². The molecular formula is C5H16N2O3S. The monoisotopic (exact) mass is 184 g/mol. The van der Waals surface area contributed by atoms with Crippen LogP contribution in [-0.2, 0) is 10.1 Å². The molecule has 0 fully saturated rings. The van der Waals surface area contributed by atoms with Gasteiger partial charge in [0.1, 0.15) is 0 Å². The molecule has 0 aromatic carbocycles. The summed E-state index contributed by atoms with van der Waals surface area (Å²) in [5, 5.41) is 2.95. The first-order chi connectivity index (χ1) is 4.56. The van der Waals surface area contributed by atoms with Crippen LogP contribution < -0.4 is 11.5 Å². The van der Waals surface area contributed by atoms with Gasteiger partial charge in [0.05, 0.1) is 5.75 Å². The second-order valence-electron chi connectivity index (χ2n) is 1.99. The topological polar surface area (TPSA) is 101 Å². The molecule has 0 spiro atoms. The maximum Gasteiger partial charge on any atom is 0.264 e. The van der Waals surface area contributed by atoms with E-state index in [0.717, 1.165) is 6.54 Å². The van der Waals surface area contributed by atoms with Crippen LogP contribution in [0.25, 0.3) is 0 Å². The Labute approximate surface area is 67.5 Å². The first kappa shape index (κ1) is 13.4. The predicted molar refractivity (Wildman–Crippen MR) is 44.6 cm³/mol. The van der Waals surface area contributed by atoms with E-state index in [1.54, 1.807) is 0 Å². The van der Waals surface area contributed by atoms with Crippen molar-refractivity contribution in [3.8, 4) is 0 Å². The maximum absolute atomic E-state index is 10.1. The highest BCUT2D eigenvalue weighted by molar-refractivity contribution is 7.85. The van der Waals surface area contributed by atoms with E-state index in [1.165, 1.54) is 0 Å². The summed E-state index contributed by atoms with van der Waals surface area (Å²) in [5.74, 6) is -0.153. The SMILES string of the molecule is CCNCCCS(=O)(=O)O.N. The highest BCUT2D eigenvalue weighted by Gasteiger charge is 2.01. The molecule has 5 N–H and O–H groups in total. The quantitative estimate of drug-likeness (QED) is 0.413. The minimum atomic E-state index is -3.74. The summed E-state index contributed by atoms with van der Waals surface area (Å²) in [4.78, 5) is 0. The van der Waals surface area contributed by atoms with Crippen LogP contribution in [0.4, 0.5) is 0 Å². The van der Waals surface area contributed by atoms with Gasteiger partial charge in [-0.2, -0.15) is 8.42 Å². The van der Waals surface area contributed by atoms with Gasteiger partial charge in [-0.3, -0.25) is 4.55 Å². The number of rotatable bonds is 5. The van der Waals surface area contributed by atoms with Gasteiger partial charge in [-0.25, -0.2) is 0 Å². The van der Waals surface area contributed by atoms with E-state index in [1.807, 2.05) is 6.92 Å². The fourth-order valence-corrected chi connectivity index (χ4v) is 1.07. The van der Waals surface area contributed by atoms with Crippen molar-refractivity contribution in [2.24, 2.45) is 0 Å². The third-order valence-electron chi connectivity index (χ3n) is 1.01. The molecule has 0 aliphatic rings. The lowest BCUT2D eigenvalue weighted by molar-refractivity contribution is 0.480. The van der Waals surface area contributed by atoms with Crippen molar-refractivity contribution in [2.45, 2.75) is 13.3 Å². The van der Waals surface area contributed by atoms with E-state index < -0.39 is 10.1 Å². The number of nitrogens with one attached hydrogen (secondary N) is 1. The van der Waals surface area contributed by atoms with Crippen molar-refractivity contribution in [1.29, 1.82) is 0 Å². The molecule has 0 saturated heterocycles. The van der Waals surface area contributed by atoms with Gasteiger partial charge < -0.3 is 11.5 Å². The minimum absolute atomic E-state index is 0. The lowest BCUT2D eigenvalue weighted by Crippen LogP contribution is -2.17.